The molecule has 250 valence electrons. The number of hydrogen-bond donors (Lipinski definition) is 0. The monoisotopic (exact) mass is 682 g/mol. The minimum absolute atomic E-state index is 1.22. The smallest absolute Gasteiger partial charge is 0.00201 e. The second-order valence-corrected chi connectivity index (χ2v) is 14.3. The van der Waals surface area contributed by atoms with Crippen LogP contribution in [0, 0.1) is 0 Å². The highest BCUT2D eigenvalue weighted by atomic mass is 14.2. The Morgan fingerprint density at radius 2 is 0.537 bits per heavy atom. The van der Waals surface area contributed by atoms with Gasteiger partial charge in [-0.25, -0.2) is 0 Å². The first-order chi connectivity index (χ1) is 26.8. The highest BCUT2D eigenvalue weighted by Crippen LogP contribution is 2.48. The van der Waals surface area contributed by atoms with E-state index in [0.29, 0.717) is 0 Å². The van der Waals surface area contributed by atoms with Crippen LogP contribution < -0.4 is 0 Å². The van der Waals surface area contributed by atoms with Gasteiger partial charge in [0.15, 0.2) is 0 Å². The van der Waals surface area contributed by atoms with Crippen molar-refractivity contribution >= 4 is 64.6 Å². The molecule has 11 aromatic carbocycles. The number of rotatable bonds is 4. The van der Waals surface area contributed by atoms with Crippen molar-refractivity contribution in [1.82, 2.24) is 0 Å². The fraction of sp³-hybridized carbons (Fsp3) is 0. The van der Waals surface area contributed by atoms with Crippen LogP contribution in [0.4, 0.5) is 0 Å². The molecular formula is C54H34. The molecule has 0 fully saturated rings. The first-order valence-corrected chi connectivity index (χ1v) is 18.8. The van der Waals surface area contributed by atoms with E-state index in [-0.39, 0.29) is 0 Å². The largest absolute Gasteiger partial charge is 0.0616 e. The average molecular weight is 683 g/mol. The second-order valence-electron chi connectivity index (χ2n) is 14.3. The van der Waals surface area contributed by atoms with Gasteiger partial charge in [0.05, 0.1) is 0 Å². The lowest BCUT2D eigenvalue weighted by molar-refractivity contribution is 1.63. The van der Waals surface area contributed by atoms with Crippen LogP contribution in [-0.4, -0.2) is 0 Å². The first kappa shape index (κ1) is 30.6. The maximum absolute atomic E-state index is 2.38. The van der Waals surface area contributed by atoms with E-state index >= 15 is 0 Å². The molecule has 0 saturated carbocycles. The molecule has 0 amide bonds. The van der Waals surface area contributed by atoms with Crippen LogP contribution in [0.15, 0.2) is 206 Å². The molecule has 0 heteroatoms. The lowest BCUT2D eigenvalue weighted by Gasteiger charge is -2.20. The summed E-state index contributed by atoms with van der Waals surface area (Å²) in [6.07, 6.45) is 0. The van der Waals surface area contributed by atoms with Crippen LogP contribution in [0.3, 0.4) is 0 Å². The summed E-state index contributed by atoms with van der Waals surface area (Å²) in [4.78, 5) is 0. The van der Waals surface area contributed by atoms with Crippen LogP contribution in [0.2, 0.25) is 0 Å². The minimum atomic E-state index is 1.22. The van der Waals surface area contributed by atoms with Gasteiger partial charge >= 0.3 is 0 Å². The minimum Gasteiger partial charge on any atom is -0.0616 e. The SMILES string of the molecule is c1ccc(-c2cc3ccccc3c3ccccc23)c(-c2c3ccccc3c(-c3ccc(-c4cc5ccccc5c5ccccc45)cc3)c3ccccc23)c1. The normalized spacial score (nSPS) is 11.7. The Balaban J connectivity index is 1.13. The van der Waals surface area contributed by atoms with Crippen LogP contribution in [0.1, 0.15) is 0 Å². The highest BCUT2D eigenvalue weighted by molar-refractivity contribution is 6.24. The molecule has 0 N–H and O–H groups in total. The molecule has 54 heavy (non-hydrogen) atoms. The van der Waals surface area contributed by atoms with Crippen LogP contribution in [-0.2, 0) is 0 Å². The van der Waals surface area contributed by atoms with Crippen molar-refractivity contribution in [3.63, 3.8) is 0 Å². The Bertz CT molecular complexity index is 3200. The van der Waals surface area contributed by atoms with E-state index < -0.39 is 0 Å². The number of hydrogen-bond acceptors (Lipinski definition) is 0. The standard InChI is InChI=1S/C54H34/c1-3-17-39-37(15-1)33-51(43-21-7-5-19-41(39)43)35-29-31-36(32-30-35)53-47-25-11-13-27-49(47)54(50-28-14-12-26-48(50)53)46-24-10-9-23-45(46)52-34-38-16-2-4-18-40(38)42-20-6-8-22-44(42)52/h1-34H. The fourth-order valence-corrected chi connectivity index (χ4v) is 9.05. The van der Waals surface area contributed by atoms with Crippen molar-refractivity contribution in [2.45, 2.75) is 0 Å². The molecule has 0 unspecified atom stereocenters. The summed E-state index contributed by atoms with van der Waals surface area (Å²) in [6.45, 7) is 0. The van der Waals surface area contributed by atoms with Crippen LogP contribution in [0.25, 0.3) is 109 Å². The van der Waals surface area contributed by atoms with Gasteiger partial charge < -0.3 is 0 Å². The third-order valence-electron chi connectivity index (χ3n) is 11.4. The summed E-state index contributed by atoms with van der Waals surface area (Å²) in [6, 6.07) is 76.1. The van der Waals surface area contributed by atoms with Crippen molar-refractivity contribution in [1.29, 1.82) is 0 Å². The van der Waals surface area contributed by atoms with Gasteiger partial charge in [0.2, 0.25) is 0 Å². The lowest BCUT2D eigenvalue weighted by Crippen LogP contribution is -1.93. The summed E-state index contributed by atoms with van der Waals surface area (Å²) >= 11 is 0. The maximum Gasteiger partial charge on any atom is -0.00201 e. The van der Waals surface area contributed by atoms with Crippen molar-refractivity contribution in [3.05, 3.63) is 206 Å². The molecule has 0 bridgehead atoms. The van der Waals surface area contributed by atoms with Crippen LogP contribution in [0.5, 0.6) is 0 Å². The van der Waals surface area contributed by atoms with E-state index in [1.165, 1.54) is 109 Å². The Kier molecular flexibility index (Phi) is 6.97. The summed E-state index contributed by atoms with van der Waals surface area (Å²) in [5, 5.41) is 15.3. The molecule has 0 aliphatic rings. The molecule has 0 saturated heterocycles. The van der Waals surface area contributed by atoms with Crippen LogP contribution >= 0.6 is 0 Å². The van der Waals surface area contributed by atoms with Crippen molar-refractivity contribution in [3.8, 4) is 44.5 Å². The molecule has 0 aliphatic heterocycles. The second kappa shape index (κ2) is 12.3. The molecule has 11 rings (SSSR count). The van der Waals surface area contributed by atoms with E-state index in [9.17, 15) is 0 Å². The Labute approximate surface area is 314 Å². The highest BCUT2D eigenvalue weighted by Gasteiger charge is 2.20. The van der Waals surface area contributed by atoms with E-state index in [4.69, 9.17) is 0 Å². The zero-order valence-corrected chi connectivity index (χ0v) is 29.6. The maximum atomic E-state index is 2.38. The fourth-order valence-electron chi connectivity index (χ4n) is 9.05. The molecule has 0 aliphatic carbocycles. The van der Waals surface area contributed by atoms with Gasteiger partial charge in [0.25, 0.3) is 0 Å². The predicted molar refractivity (Wildman–Crippen MR) is 233 cm³/mol. The summed E-state index contributed by atoms with van der Waals surface area (Å²) in [5.41, 5.74) is 10.0. The topological polar surface area (TPSA) is 0 Å². The van der Waals surface area contributed by atoms with E-state index in [1.807, 2.05) is 0 Å². The summed E-state index contributed by atoms with van der Waals surface area (Å²) in [7, 11) is 0. The zero-order valence-electron chi connectivity index (χ0n) is 29.6. The number of fused-ring (bicyclic) bond motifs is 8. The molecular weight excluding hydrogens is 649 g/mol. The molecule has 0 nitrogen and oxygen atoms in total. The molecule has 0 radical (unpaired) electrons. The Hall–Kier alpha value is -7.02. The van der Waals surface area contributed by atoms with Crippen molar-refractivity contribution in [2.75, 3.05) is 0 Å². The molecule has 0 atom stereocenters. The van der Waals surface area contributed by atoms with E-state index in [1.54, 1.807) is 0 Å². The lowest BCUT2D eigenvalue weighted by atomic mass is 9.82. The van der Waals surface area contributed by atoms with Crippen molar-refractivity contribution < 1.29 is 0 Å². The molecule has 0 heterocycles. The molecule has 0 spiro atoms. The van der Waals surface area contributed by atoms with E-state index in [0.717, 1.165) is 0 Å². The molecule has 0 aromatic heterocycles. The zero-order chi connectivity index (χ0) is 35.6. The van der Waals surface area contributed by atoms with Gasteiger partial charge in [-0.1, -0.05) is 194 Å². The Morgan fingerprint density at radius 3 is 1.07 bits per heavy atom. The Morgan fingerprint density at radius 1 is 0.185 bits per heavy atom. The van der Waals surface area contributed by atoms with Gasteiger partial charge in [-0.15, -0.1) is 0 Å². The molecule has 11 aromatic rings. The van der Waals surface area contributed by atoms with E-state index in [2.05, 4.69) is 206 Å². The average Bonchev–Trinajstić information content (AvgIpc) is 3.25. The van der Waals surface area contributed by atoms with Gasteiger partial charge in [-0.3, -0.25) is 0 Å². The number of benzene rings is 11. The third-order valence-corrected chi connectivity index (χ3v) is 11.4. The van der Waals surface area contributed by atoms with Gasteiger partial charge in [-0.2, -0.15) is 0 Å². The van der Waals surface area contributed by atoms with Crippen molar-refractivity contribution in [2.24, 2.45) is 0 Å². The predicted octanol–water partition coefficient (Wildman–Crippen LogP) is 15.3. The van der Waals surface area contributed by atoms with Gasteiger partial charge in [0, 0.05) is 0 Å². The summed E-state index contributed by atoms with van der Waals surface area (Å²) in [5.74, 6) is 0. The quantitative estimate of drug-likeness (QED) is 0.128. The first-order valence-electron chi connectivity index (χ1n) is 18.8. The summed E-state index contributed by atoms with van der Waals surface area (Å²) < 4.78 is 0. The van der Waals surface area contributed by atoms with Gasteiger partial charge in [-0.05, 0) is 121 Å². The van der Waals surface area contributed by atoms with Gasteiger partial charge in [0.1, 0.15) is 0 Å². The third kappa shape index (κ3) is 4.71.